The van der Waals surface area contributed by atoms with E-state index in [2.05, 4.69) is 9.97 Å². The van der Waals surface area contributed by atoms with Crippen molar-refractivity contribution in [1.29, 1.82) is 0 Å². The minimum Gasteiger partial charge on any atom is -0.324 e. The van der Waals surface area contributed by atoms with E-state index in [1.54, 1.807) is 6.20 Å². The van der Waals surface area contributed by atoms with Crippen molar-refractivity contribution < 1.29 is 0 Å². The lowest BCUT2D eigenvalue weighted by Crippen LogP contribution is -2.14. The van der Waals surface area contributed by atoms with Crippen molar-refractivity contribution in [2.24, 2.45) is 5.73 Å². The van der Waals surface area contributed by atoms with Gasteiger partial charge in [-0.3, -0.25) is 9.97 Å². The molecule has 3 nitrogen and oxygen atoms in total. The Hall–Kier alpha value is -1.74. The molecule has 0 amide bonds. The van der Waals surface area contributed by atoms with Crippen LogP contribution in [0.1, 0.15) is 28.7 Å². The molecule has 2 aromatic rings. The number of pyridine rings is 2. The number of hydrogen-bond acceptors (Lipinski definition) is 3. The summed E-state index contributed by atoms with van der Waals surface area (Å²) in [6, 6.07) is 9.96. The van der Waals surface area contributed by atoms with Crippen LogP contribution in [-0.2, 0) is 6.42 Å². The Balaban J connectivity index is 2.17. The third kappa shape index (κ3) is 3.11. The lowest BCUT2D eigenvalue weighted by molar-refractivity contribution is 0.703. The first-order valence-electron chi connectivity index (χ1n) is 5.76. The molecule has 0 bridgehead atoms. The highest BCUT2D eigenvalue weighted by Gasteiger charge is 2.09. The van der Waals surface area contributed by atoms with Gasteiger partial charge in [0, 0.05) is 35.7 Å². The molecule has 17 heavy (non-hydrogen) atoms. The molecule has 0 aliphatic heterocycles. The summed E-state index contributed by atoms with van der Waals surface area (Å²) < 4.78 is 0. The van der Waals surface area contributed by atoms with Gasteiger partial charge in [0.05, 0.1) is 0 Å². The second-order valence-corrected chi connectivity index (χ2v) is 4.31. The minimum atomic E-state index is -0.0229. The lowest BCUT2D eigenvalue weighted by atomic mass is 10.0. The topological polar surface area (TPSA) is 51.8 Å². The van der Waals surface area contributed by atoms with Crippen LogP contribution in [0.3, 0.4) is 0 Å². The molecular weight excluding hydrogens is 210 g/mol. The Bertz CT molecular complexity index is 474. The zero-order chi connectivity index (χ0) is 12.3. The number of nitrogens with zero attached hydrogens (tertiary/aromatic N) is 2. The summed E-state index contributed by atoms with van der Waals surface area (Å²) in [5.41, 5.74) is 10.4. The fourth-order valence-corrected chi connectivity index (χ4v) is 1.94. The Morgan fingerprint density at radius 3 is 2.47 bits per heavy atom. The van der Waals surface area contributed by atoms with Crippen molar-refractivity contribution in [2.45, 2.75) is 26.3 Å². The third-order valence-corrected chi connectivity index (χ3v) is 2.69. The van der Waals surface area contributed by atoms with Crippen LogP contribution < -0.4 is 5.73 Å². The maximum absolute atomic E-state index is 6.20. The highest BCUT2D eigenvalue weighted by atomic mass is 14.7. The second kappa shape index (κ2) is 5.06. The van der Waals surface area contributed by atoms with Crippen molar-refractivity contribution >= 4 is 0 Å². The van der Waals surface area contributed by atoms with Crippen LogP contribution in [0.4, 0.5) is 0 Å². The molecule has 88 valence electrons. The first kappa shape index (κ1) is 11.7. The number of aryl methyl sites for hydroxylation is 2. The molecule has 0 spiro atoms. The summed E-state index contributed by atoms with van der Waals surface area (Å²) in [6.07, 6.45) is 2.55. The number of nitrogens with two attached hydrogens (primary N) is 1. The average molecular weight is 227 g/mol. The summed E-state index contributed by atoms with van der Waals surface area (Å²) in [6.45, 7) is 3.98. The molecule has 1 unspecified atom stereocenters. The molecule has 0 saturated heterocycles. The van der Waals surface area contributed by atoms with Crippen LogP contribution in [0.5, 0.6) is 0 Å². The van der Waals surface area contributed by atoms with Crippen molar-refractivity contribution in [2.75, 3.05) is 0 Å². The van der Waals surface area contributed by atoms with Gasteiger partial charge in [0.25, 0.3) is 0 Å². The normalized spacial score (nSPS) is 12.4. The van der Waals surface area contributed by atoms with Crippen LogP contribution >= 0.6 is 0 Å². The van der Waals surface area contributed by atoms with Crippen molar-refractivity contribution in [3.05, 3.63) is 59.2 Å². The zero-order valence-corrected chi connectivity index (χ0v) is 10.2. The van der Waals surface area contributed by atoms with E-state index in [0.29, 0.717) is 0 Å². The molecule has 0 radical (unpaired) electrons. The fraction of sp³-hybridized carbons (Fsp3) is 0.286. The van der Waals surface area contributed by atoms with Crippen molar-refractivity contribution in [3.63, 3.8) is 0 Å². The Labute approximate surface area is 102 Å². The molecule has 1 atom stereocenters. The van der Waals surface area contributed by atoms with Gasteiger partial charge >= 0.3 is 0 Å². The van der Waals surface area contributed by atoms with Crippen molar-refractivity contribution in [3.8, 4) is 0 Å². The van der Waals surface area contributed by atoms with E-state index in [0.717, 1.165) is 29.1 Å². The molecule has 0 fully saturated rings. The lowest BCUT2D eigenvalue weighted by Gasteiger charge is -2.12. The Kier molecular flexibility index (Phi) is 3.49. The summed E-state index contributed by atoms with van der Waals surface area (Å²) in [5.74, 6) is 0. The molecule has 0 saturated carbocycles. The van der Waals surface area contributed by atoms with Crippen molar-refractivity contribution in [1.82, 2.24) is 9.97 Å². The van der Waals surface area contributed by atoms with Gasteiger partial charge in [0.2, 0.25) is 0 Å². The third-order valence-electron chi connectivity index (χ3n) is 2.69. The molecule has 2 aromatic heterocycles. The van der Waals surface area contributed by atoms with Gasteiger partial charge in [0.1, 0.15) is 0 Å². The summed E-state index contributed by atoms with van der Waals surface area (Å²) >= 11 is 0. The van der Waals surface area contributed by atoms with Crippen LogP contribution in [-0.4, -0.2) is 9.97 Å². The maximum atomic E-state index is 6.20. The predicted octanol–water partition coefficient (Wildman–Crippen LogP) is 2.34. The summed E-state index contributed by atoms with van der Waals surface area (Å²) in [5, 5.41) is 0. The van der Waals surface area contributed by atoms with E-state index < -0.39 is 0 Å². The molecular formula is C14H17N3. The largest absolute Gasteiger partial charge is 0.324 e. The SMILES string of the molecule is Cc1cc(C(N)Cc2ccccn2)cc(C)n1. The van der Waals surface area contributed by atoms with Gasteiger partial charge in [-0.05, 0) is 43.7 Å². The average Bonchev–Trinajstić information content (AvgIpc) is 2.29. The van der Waals surface area contributed by atoms with E-state index in [9.17, 15) is 0 Å². The first-order valence-corrected chi connectivity index (χ1v) is 5.76. The van der Waals surface area contributed by atoms with E-state index in [4.69, 9.17) is 5.73 Å². The molecule has 2 rings (SSSR count). The molecule has 0 aromatic carbocycles. The van der Waals surface area contributed by atoms with Gasteiger partial charge in [-0.25, -0.2) is 0 Å². The van der Waals surface area contributed by atoms with Gasteiger partial charge in [-0.1, -0.05) is 6.07 Å². The van der Waals surface area contributed by atoms with E-state index in [1.165, 1.54) is 0 Å². The second-order valence-electron chi connectivity index (χ2n) is 4.31. The zero-order valence-electron chi connectivity index (χ0n) is 10.2. The van der Waals surface area contributed by atoms with Crippen LogP contribution in [0.25, 0.3) is 0 Å². The summed E-state index contributed by atoms with van der Waals surface area (Å²) in [7, 11) is 0. The highest BCUT2D eigenvalue weighted by Crippen LogP contribution is 2.16. The molecule has 0 aliphatic rings. The smallest absolute Gasteiger partial charge is 0.0422 e. The van der Waals surface area contributed by atoms with E-state index in [1.807, 2.05) is 44.2 Å². The number of hydrogen-bond donors (Lipinski definition) is 1. The van der Waals surface area contributed by atoms with E-state index >= 15 is 0 Å². The maximum Gasteiger partial charge on any atom is 0.0422 e. The quantitative estimate of drug-likeness (QED) is 0.875. The Morgan fingerprint density at radius 1 is 1.18 bits per heavy atom. The van der Waals surface area contributed by atoms with Gasteiger partial charge in [-0.15, -0.1) is 0 Å². The molecule has 2 heterocycles. The predicted molar refractivity (Wildman–Crippen MR) is 68.6 cm³/mol. The van der Waals surface area contributed by atoms with Crippen LogP contribution in [0.2, 0.25) is 0 Å². The highest BCUT2D eigenvalue weighted by molar-refractivity contribution is 5.24. The fourth-order valence-electron chi connectivity index (χ4n) is 1.94. The summed E-state index contributed by atoms with van der Waals surface area (Å²) in [4.78, 5) is 8.65. The molecule has 3 heteroatoms. The number of aromatic nitrogens is 2. The van der Waals surface area contributed by atoms with Gasteiger partial charge in [-0.2, -0.15) is 0 Å². The first-order chi connectivity index (χ1) is 8.15. The van der Waals surface area contributed by atoms with Crippen LogP contribution in [0, 0.1) is 13.8 Å². The van der Waals surface area contributed by atoms with E-state index in [-0.39, 0.29) is 6.04 Å². The molecule has 0 aliphatic carbocycles. The van der Waals surface area contributed by atoms with Crippen LogP contribution in [0.15, 0.2) is 36.5 Å². The minimum absolute atomic E-state index is 0.0229. The Morgan fingerprint density at radius 2 is 1.88 bits per heavy atom. The number of rotatable bonds is 3. The standard InChI is InChI=1S/C14H17N3/c1-10-7-12(8-11(2)17-10)14(15)9-13-5-3-4-6-16-13/h3-8,14H,9,15H2,1-2H3. The van der Waals surface area contributed by atoms with Gasteiger partial charge in [0.15, 0.2) is 0 Å². The van der Waals surface area contributed by atoms with Gasteiger partial charge < -0.3 is 5.73 Å². The monoisotopic (exact) mass is 227 g/mol. The molecule has 2 N–H and O–H groups in total.